The summed E-state index contributed by atoms with van der Waals surface area (Å²) in [5.41, 5.74) is 0. The maximum absolute atomic E-state index is 6.08. The molecule has 15 heavy (non-hydrogen) atoms. The summed E-state index contributed by atoms with van der Waals surface area (Å²) >= 11 is 29.4. The molecule has 0 saturated heterocycles. The summed E-state index contributed by atoms with van der Waals surface area (Å²) in [6.45, 7) is 8.31. The van der Waals surface area contributed by atoms with E-state index in [1.165, 1.54) is 0 Å². The third-order valence-electron chi connectivity index (χ3n) is 2.12. The van der Waals surface area contributed by atoms with Gasteiger partial charge in [0.1, 0.15) is 9.68 Å². The van der Waals surface area contributed by atoms with Crippen LogP contribution in [0, 0.1) is 0 Å². The van der Waals surface area contributed by atoms with E-state index in [-0.39, 0.29) is 0 Å². The van der Waals surface area contributed by atoms with Crippen LogP contribution in [0.5, 0.6) is 0 Å². The van der Waals surface area contributed by atoms with Gasteiger partial charge in [0.15, 0.2) is 3.96 Å². The molecular formula is C8H16Cl5NSi. The van der Waals surface area contributed by atoms with Crippen molar-refractivity contribution in [2.75, 3.05) is 0 Å². The number of hydrogen-bond acceptors (Lipinski definition) is 1. The Morgan fingerprint density at radius 2 is 1.20 bits per heavy atom. The minimum Gasteiger partial charge on any atom is -0.321 e. The Bertz CT molecular complexity index is 194. The average molecular weight is 332 g/mol. The highest BCUT2D eigenvalue weighted by Gasteiger charge is 2.47. The Morgan fingerprint density at radius 3 is 1.40 bits per heavy atom. The number of alkyl halides is 5. The van der Waals surface area contributed by atoms with Crippen molar-refractivity contribution in [3.8, 4) is 0 Å². The van der Waals surface area contributed by atoms with E-state index in [1.54, 1.807) is 0 Å². The van der Waals surface area contributed by atoms with Crippen molar-refractivity contribution in [2.45, 2.75) is 47.5 Å². The molecule has 0 atom stereocenters. The quantitative estimate of drug-likeness (QED) is 0.561. The summed E-state index contributed by atoms with van der Waals surface area (Å²) in [5, 5.41) is 0. The van der Waals surface area contributed by atoms with Gasteiger partial charge in [0.25, 0.3) is 0 Å². The molecule has 0 bridgehead atoms. The number of nitrogens with zero attached hydrogens (tertiary/aromatic N) is 1. The van der Waals surface area contributed by atoms with Gasteiger partial charge in [-0.25, -0.2) is 0 Å². The zero-order valence-corrected chi connectivity index (χ0v) is 14.4. The second-order valence-corrected chi connectivity index (χ2v) is 10.8. The highest BCUT2D eigenvalue weighted by molar-refractivity contribution is 6.85. The number of hydrogen-bond donors (Lipinski definition) is 0. The molecule has 0 unspecified atom stereocenters. The fourth-order valence-corrected chi connectivity index (χ4v) is 4.01. The van der Waals surface area contributed by atoms with Crippen molar-refractivity contribution in [1.82, 2.24) is 4.57 Å². The third kappa shape index (κ3) is 5.20. The molecule has 0 aliphatic rings. The Balaban J connectivity index is 4.68. The highest BCUT2D eigenvalue weighted by atomic mass is 35.6. The lowest BCUT2D eigenvalue weighted by Crippen LogP contribution is -2.51. The van der Waals surface area contributed by atoms with Crippen LogP contribution in [0.1, 0.15) is 27.7 Å². The van der Waals surface area contributed by atoms with Gasteiger partial charge in [0, 0.05) is 0 Å². The van der Waals surface area contributed by atoms with Crippen LogP contribution in [0.4, 0.5) is 0 Å². The van der Waals surface area contributed by atoms with Crippen LogP contribution in [0.3, 0.4) is 0 Å². The smallest absolute Gasteiger partial charge is 0.220 e. The van der Waals surface area contributed by atoms with Crippen molar-refractivity contribution in [1.29, 1.82) is 0 Å². The molecule has 0 saturated carbocycles. The lowest BCUT2D eigenvalue weighted by Gasteiger charge is -2.37. The van der Waals surface area contributed by atoms with Crippen LogP contribution < -0.4 is 0 Å². The monoisotopic (exact) mass is 329 g/mol. The van der Waals surface area contributed by atoms with E-state index in [4.69, 9.17) is 58.0 Å². The van der Waals surface area contributed by atoms with E-state index in [1.807, 2.05) is 0 Å². The molecule has 0 aromatic rings. The average Bonchev–Trinajstić information content (AvgIpc) is 1.96. The lowest BCUT2D eigenvalue weighted by molar-refractivity contribution is 0.309. The summed E-state index contributed by atoms with van der Waals surface area (Å²) in [5.74, 6) is 0. The molecule has 0 radical (unpaired) electrons. The van der Waals surface area contributed by atoms with E-state index < -0.39 is 17.4 Å². The first-order chi connectivity index (χ1) is 6.49. The van der Waals surface area contributed by atoms with E-state index in [2.05, 4.69) is 32.3 Å². The van der Waals surface area contributed by atoms with Crippen LogP contribution in [-0.4, -0.2) is 34.1 Å². The van der Waals surface area contributed by atoms with Crippen molar-refractivity contribution in [3.05, 3.63) is 0 Å². The van der Waals surface area contributed by atoms with Gasteiger partial charge in [0.05, 0.1) is 0 Å². The first-order valence-corrected chi connectivity index (χ1v) is 7.92. The Labute approximate surface area is 119 Å². The first-order valence-electron chi connectivity index (χ1n) is 4.69. The van der Waals surface area contributed by atoms with E-state index in [9.17, 15) is 0 Å². The largest absolute Gasteiger partial charge is 0.321 e. The van der Waals surface area contributed by atoms with Crippen LogP contribution >= 0.6 is 58.0 Å². The van der Waals surface area contributed by atoms with Gasteiger partial charge in [-0.1, -0.05) is 85.7 Å². The summed E-state index contributed by atoms with van der Waals surface area (Å²) in [6, 6.07) is 0.696. The first kappa shape index (κ1) is 16.6. The van der Waals surface area contributed by atoms with Gasteiger partial charge in [-0.3, -0.25) is 0 Å². The van der Waals surface area contributed by atoms with Gasteiger partial charge in [-0.2, -0.15) is 0 Å². The molecule has 0 amide bonds. The van der Waals surface area contributed by atoms with Crippen LogP contribution in [0.2, 0.25) is 0 Å². The Hall–Kier alpha value is 1.63. The minimum absolute atomic E-state index is 0.348. The summed E-state index contributed by atoms with van der Waals surface area (Å²) in [4.78, 5) is 0. The molecular weight excluding hydrogens is 315 g/mol. The molecule has 0 aromatic carbocycles. The van der Waals surface area contributed by atoms with E-state index in [0.717, 1.165) is 0 Å². The number of rotatable bonds is 4. The van der Waals surface area contributed by atoms with Crippen molar-refractivity contribution in [2.24, 2.45) is 0 Å². The molecule has 0 aromatic heterocycles. The molecule has 0 aliphatic heterocycles. The second kappa shape index (κ2) is 5.99. The Kier molecular flexibility index (Phi) is 6.64. The van der Waals surface area contributed by atoms with Crippen LogP contribution in [-0.2, 0) is 0 Å². The summed E-state index contributed by atoms with van der Waals surface area (Å²) in [7, 11) is -1.08. The van der Waals surface area contributed by atoms with Crippen LogP contribution in [0.15, 0.2) is 0 Å². The molecule has 0 N–H and O–H groups in total. The molecule has 0 heterocycles. The molecule has 92 valence electrons. The molecule has 0 spiro atoms. The maximum Gasteiger partial charge on any atom is 0.220 e. The lowest BCUT2D eigenvalue weighted by atomic mass is 10.3. The molecule has 0 aliphatic carbocycles. The second-order valence-electron chi connectivity index (χ2n) is 4.06. The molecule has 7 heteroatoms. The SMILES string of the molecule is CC(C)N([SiH2]C(Cl)(Cl)C(Cl)(Cl)Cl)C(C)C. The fourth-order valence-electron chi connectivity index (χ4n) is 1.28. The summed E-state index contributed by atoms with van der Waals surface area (Å²) < 4.78 is -0.696. The molecule has 0 fully saturated rings. The van der Waals surface area contributed by atoms with Gasteiger partial charge in [0.2, 0.25) is 3.79 Å². The van der Waals surface area contributed by atoms with E-state index in [0.29, 0.717) is 12.1 Å². The zero-order valence-electron chi connectivity index (χ0n) is 9.20. The maximum atomic E-state index is 6.08. The van der Waals surface area contributed by atoms with Crippen LogP contribution in [0.25, 0.3) is 0 Å². The van der Waals surface area contributed by atoms with E-state index >= 15 is 0 Å². The van der Waals surface area contributed by atoms with Gasteiger partial charge >= 0.3 is 0 Å². The van der Waals surface area contributed by atoms with Gasteiger partial charge < -0.3 is 4.57 Å². The van der Waals surface area contributed by atoms with Crippen molar-refractivity contribution in [3.63, 3.8) is 0 Å². The standard InChI is InChI=1S/C8H16Cl5NSi/c1-5(2)14(6(3)4)15-8(12,13)7(9,10)11/h5-6H,15H2,1-4H3. The predicted molar refractivity (Wildman–Crippen MR) is 75.4 cm³/mol. The van der Waals surface area contributed by atoms with Gasteiger partial charge in [-0.05, 0) is 12.1 Å². The van der Waals surface area contributed by atoms with Crippen molar-refractivity contribution < 1.29 is 0 Å². The van der Waals surface area contributed by atoms with Crippen molar-refractivity contribution >= 4 is 67.7 Å². The highest BCUT2D eigenvalue weighted by Crippen LogP contribution is 2.45. The minimum atomic E-state index is -1.63. The molecule has 1 nitrogen and oxygen atoms in total. The summed E-state index contributed by atoms with van der Waals surface area (Å²) in [6.07, 6.45) is 0. The topological polar surface area (TPSA) is 3.24 Å². The Morgan fingerprint density at radius 1 is 0.867 bits per heavy atom. The number of halogens is 5. The third-order valence-corrected chi connectivity index (χ3v) is 8.38. The normalized spacial score (nSPS) is 15.2. The van der Waals surface area contributed by atoms with Gasteiger partial charge in [-0.15, -0.1) is 0 Å². The predicted octanol–water partition coefficient (Wildman–Crippen LogP) is 3.69. The zero-order chi connectivity index (χ0) is 12.4. The molecule has 0 rings (SSSR count). The fraction of sp³-hybridized carbons (Fsp3) is 1.00.